The van der Waals surface area contributed by atoms with E-state index in [4.69, 9.17) is 4.52 Å². The van der Waals surface area contributed by atoms with Gasteiger partial charge in [-0.3, -0.25) is 0 Å². The van der Waals surface area contributed by atoms with Crippen LogP contribution in [0.2, 0.25) is 0 Å². The molecule has 1 atom stereocenters. The van der Waals surface area contributed by atoms with Gasteiger partial charge < -0.3 is 14.5 Å². The number of pyridine rings is 1. The molecule has 2 aromatic rings. The van der Waals surface area contributed by atoms with Gasteiger partial charge in [0.05, 0.1) is 11.7 Å². The van der Waals surface area contributed by atoms with Crippen LogP contribution in [-0.4, -0.2) is 39.4 Å². The molecule has 6 heteroatoms. The van der Waals surface area contributed by atoms with Crippen LogP contribution in [0, 0.1) is 0 Å². The van der Waals surface area contributed by atoms with Crippen LogP contribution in [0.25, 0.3) is 11.5 Å². The van der Waals surface area contributed by atoms with Crippen molar-refractivity contribution in [2.75, 3.05) is 18.0 Å². The molecule has 1 fully saturated rings. The molecule has 3 rings (SSSR count). The Labute approximate surface area is 130 Å². The van der Waals surface area contributed by atoms with Gasteiger partial charge in [0.25, 0.3) is 5.89 Å². The lowest BCUT2D eigenvalue weighted by molar-refractivity contribution is 0.154. The summed E-state index contributed by atoms with van der Waals surface area (Å²) in [5, 5.41) is 13.8. The second-order valence-electron chi connectivity index (χ2n) is 6.82. The Morgan fingerprint density at radius 3 is 2.73 bits per heavy atom. The third-order valence-electron chi connectivity index (χ3n) is 3.81. The van der Waals surface area contributed by atoms with Crippen molar-refractivity contribution in [1.29, 1.82) is 0 Å². The van der Waals surface area contributed by atoms with Crippen molar-refractivity contribution in [3.63, 3.8) is 0 Å². The van der Waals surface area contributed by atoms with Crippen molar-refractivity contribution in [1.82, 2.24) is 15.1 Å². The van der Waals surface area contributed by atoms with E-state index in [1.54, 1.807) is 6.20 Å². The SMILES string of the molecule is CC(C)(C)c1noc(-c2ccc(N3CCCC(O)C3)nc2)n1. The second kappa shape index (κ2) is 5.68. The molecule has 0 spiro atoms. The Kier molecular flexibility index (Phi) is 3.87. The number of β-amino-alcohol motifs (C(OH)–C–C–N with tert-alkyl or cyclic N) is 1. The normalized spacial score (nSPS) is 19.5. The first kappa shape index (κ1) is 15.0. The molecule has 1 unspecified atom stereocenters. The van der Waals surface area contributed by atoms with Crippen molar-refractivity contribution in [3.8, 4) is 11.5 Å². The third kappa shape index (κ3) is 3.11. The zero-order valence-corrected chi connectivity index (χ0v) is 13.3. The average molecular weight is 302 g/mol. The lowest BCUT2D eigenvalue weighted by Crippen LogP contribution is -2.38. The fourth-order valence-corrected chi connectivity index (χ4v) is 2.51. The highest BCUT2D eigenvalue weighted by Crippen LogP contribution is 2.25. The van der Waals surface area contributed by atoms with Gasteiger partial charge in [0.15, 0.2) is 5.82 Å². The molecule has 6 nitrogen and oxygen atoms in total. The minimum absolute atomic E-state index is 0.140. The number of piperidine rings is 1. The van der Waals surface area contributed by atoms with E-state index in [0.29, 0.717) is 18.3 Å². The maximum atomic E-state index is 9.75. The first-order chi connectivity index (χ1) is 10.4. The topological polar surface area (TPSA) is 75.3 Å². The molecule has 118 valence electrons. The Hall–Kier alpha value is -1.95. The number of hydrogen-bond donors (Lipinski definition) is 1. The summed E-state index contributed by atoms with van der Waals surface area (Å²) < 4.78 is 5.32. The zero-order chi connectivity index (χ0) is 15.7. The van der Waals surface area contributed by atoms with Crippen LogP contribution < -0.4 is 4.90 Å². The first-order valence-electron chi connectivity index (χ1n) is 7.67. The molecule has 1 saturated heterocycles. The molecule has 0 saturated carbocycles. The molecule has 0 amide bonds. The van der Waals surface area contributed by atoms with Gasteiger partial charge in [0.2, 0.25) is 0 Å². The number of hydrogen-bond acceptors (Lipinski definition) is 6. The Balaban J connectivity index is 1.78. The number of anilines is 1. The van der Waals surface area contributed by atoms with Gasteiger partial charge in [0, 0.05) is 24.7 Å². The van der Waals surface area contributed by atoms with E-state index in [9.17, 15) is 5.11 Å². The highest BCUT2D eigenvalue weighted by atomic mass is 16.5. The van der Waals surface area contributed by atoms with Crippen LogP contribution >= 0.6 is 0 Å². The van der Waals surface area contributed by atoms with Crippen molar-refractivity contribution in [3.05, 3.63) is 24.2 Å². The van der Waals surface area contributed by atoms with Crippen molar-refractivity contribution >= 4 is 5.82 Å². The van der Waals surface area contributed by atoms with E-state index in [0.717, 1.165) is 30.8 Å². The molecule has 0 radical (unpaired) electrons. The summed E-state index contributed by atoms with van der Waals surface area (Å²) in [5.74, 6) is 2.05. The van der Waals surface area contributed by atoms with E-state index in [1.165, 1.54) is 0 Å². The molecule has 1 aliphatic heterocycles. The highest BCUT2D eigenvalue weighted by Gasteiger charge is 2.22. The molecule has 0 aromatic carbocycles. The lowest BCUT2D eigenvalue weighted by Gasteiger charge is -2.30. The van der Waals surface area contributed by atoms with Gasteiger partial charge in [-0.2, -0.15) is 4.98 Å². The average Bonchev–Trinajstić information content (AvgIpc) is 2.97. The van der Waals surface area contributed by atoms with Crippen LogP contribution in [0.5, 0.6) is 0 Å². The molecule has 0 bridgehead atoms. The van der Waals surface area contributed by atoms with Crippen LogP contribution in [-0.2, 0) is 5.41 Å². The smallest absolute Gasteiger partial charge is 0.259 e. The van der Waals surface area contributed by atoms with Gasteiger partial charge in [0.1, 0.15) is 5.82 Å². The van der Waals surface area contributed by atoms with Crippen molar-refractivity contribution in [2.24, 2.45) is 0 Å². The minimum atomic E-state index is -0.263. The summed E-state index contributed by atoms with van der Waals surface area (Å²) in [6.45, 7) is 7.71. The number of aliphatic hydroxyl groups is 1. The monoisotopic (exact) mass is 302 g/mol. The number of aromatic nitrogens is 3. The molecule has 0 aliphatic carbocycles. The second-order valence-corrected chi connectivity index (χ2v) is 6.82. The maximum Gasteiger partial charge on any atom is 0.259 e. The molecule has 3 heterocycles. The van der Waals surface area contributed by atoms with E-state index < -0.39 is 0 Å². The van der Waals surface area contributed by atoms with Crippen molar-refractivity contribution in [2.45, 2.75) is 45.1 Å². The first-order valence-corrected chi connectivity index (χ1v) is 7.67. The molecule has 1 N–H and O–H groups in total. The molecule has 1 aliphatic rings. The van der Waals surface area contributed by atoms with Gasteiger partial charge in [-0.05, 0) is 25.0 Å². The number of nitrogens with zero attached hydrogens (tertiary/aromatic N) is 4. The van der Waals surface area contributed by atoms with Gasteiger partial charge in [-0.15, -0.1) is 0 Å². The molecular formula is C16H22N4O2. The summed E-state index contributed by atoms with van der Waals surface area (Å²) in [7, 11) is 0. The number of aliphatic hydroxyl groups excluding tert-OH is 1. The van der Waals surface area contributed by atoms with E-state index in [2.05, 4.69) is 20.0 Å². The summed E-state index contributed by atoms with van der Waals surface area (Å²) in [4.78, 5) is 11.0. The Morgan fingerprint density at radius 1 is 1.32 bits per heavy atom. The van der Waals surface area contributed by atoms with Crippen LogP contribution in [0.4, 0.5) is 5.82 Å². The van der Waals surface area contributed by atoms with Crippen LogP contribution in [0.1, 0.15) is 39.4 Å². The standard InChI is InChI=1S/C16H22N4O2/c1-16(2,3)15-18-14(22-19-15)11-6-7-13(17-9-11)20-8-4-5-12(21)10-20/h6-7,9,12,21H,4-5,8,10H2,1-3H3. The van der Waals surface area contributed by atoms with Gasteiger partial charge in [-0.1, -0.05) is 25.9 Å². The molecular weight excluding hydrogens is 280 g/mol. The fraction of sp³-hybridized carbons (Fsp3) is 0.562. The summed E-state index contributed by atoms with van der Waals surface area (Å²) >= 11 is 0. The predicted molar refractivity (Wildman–Crippen MR) is 83.7 cm³/mol. The third-order valence-corrected chi connectivity index (χ3v) is 3.81. The largest absolute Gasteiger partial charge is 0.391 e. The predicted octanol–water partition coefficient (Wildman–Crippen LogP) is 2.39. The van der Waals surface area contributed by atoms with Crippen LogP contribution in [0.15, 0.2) is 22.9 Å². The van der Waals surface area contributed by atoms with Crippen molar-refractivity contribution < 1.29 is 9.63 Å². The summed E-state index contributed by atoms with van der Waals surface area (Å²) in [5.41, 5.74) is 0.670. The summed E-state index contributed by atoms with van der Waals surface area (Å²) in [6, 6.07) is 3.87. The maximum absolute atomic E-state index is 9.75. The van der Waals surface area contributed by atoms with Crippen LogP contribution in [0.3, 0.4) is 0 Å². The van der Waals surface area contributed by atoms with Gasteiger partial charge in [-0.25, -0.2) is 4.98 Å². The molecule has 2 aromatic heterocycles. The van der Waals surface area contributed by atoms with Gasteiger partial charge >= 0.3 is 0 Å². The van der Waals surface area contributed by atoms with E-state index in [-0.39, 0.29) is 11.5 Å². The summed E-state index contributed by atoms with van der Waals surface area (Å²) in [6.07, 6.45) is 3.34. The fourth-order valence-electron chi connectivity index (χ4n) is 2.51. The highest BCUT2D eigenvalue weighted by molar-refractivity contribution is 5.55. The minimum Gasteiger partial charge on any atom is -0.391 e. The zero-order valence-electron chi connectivity index (χ0n) is 13.3. The van der Waals surface area contributed by atoms with E-state index in [1.807, 2.05) is 32.9 Å². The Bertz CT molecular complexity index is 630. The quantitative estimate of drug-likeness (QED) is 0.918. The Morgan fingerprint density at radius 2 is 2.14 bits per heavy atom. The van der Waals surface area contributed by atoms with E-state index >= 15 is 0 Å². The lowest BCUT2D eigenvalue weighted by atomic mass is 9.96. The molecule has 22 heavy (non-hydrogen) atoms. The number of rotatable bonds is 2.